The molecular weight excluding hydrogens is 236 g/mol. The highest BCUT2D eigenvalue weighted by atomic mass is 16.5. The van der Waals surface area contributed by atoms with Crippen LogP contribution in [0.1, 0.15) is 26.7 Å². The summed E-state index contributed by atoms with van der Waals surface area (Å²) in [4.78, 5) is 4.51. The number of ether oxygens (including phenoxy) is 1. The average molecular weight is 256 g/mol. The molecule has 1 N–H and O–H groups in total. The van der Waals surface area contributed by atoms with Crippen molar-refractivity contribution in [3.8, 4) is 5.75 Å². The van der Waals surface area contributed by atoms with Crippen molar-refractivity contribution in [3.63, 3.8) is 0 Å². The topological polar surface area (TPSA) is 34.1 Å². The Hall–Kier alpha value is -1.77. The molecule has 0 atom stereocenters. The number of anilines is 1. The lowest BCUT2D eigenvalue weighted by molar-refractivity contribution is 0.415. The van der Waals surface area contributed by atoms with E-state index in [0.29, 0.717) is 0 Å². The van der Waals surface area contributed by atoms with E-state index in [1.807, 2.05) is 24.4 Å². The molecule has 1 aromatic heterocycles. The number of fused-ring (bicyclic) bond motifs is 1. The van der Waals surface area contributed by atoms with Gasteiger partial charge in [0.2, 0.25) is 0 Å². The summed E-state index contributed by atoms with van der Waals surface area (Å²) in [5.41, 5.74) is 0.112. The Labute approximate surface area is 114 Å². The van der Waals surface area contributed by atoms with Crippen LogP contribution >= 0.6 is 0 Å². The Morgan fingerprint density at radius 2 is 2.05 bits per heavy atom. The Bertz CT molecular complexity index is 603. The Morgan fingerprint density at radius 3 is 2.74 bits per heavy atom. The molecule has 0 saturated heterocycles. The van der Waals surface area contributed by atoms with Crippen molar-refractivity contribution in [1.29, 1.82) is 0 Å². The van der Waals surface area contributed by atoms with Crippen LogP contribution < -0.4 is 10.1 Å². The summed E-state index contributed by atoms with van der Waals surface area (Å²) in [6, 6.07) is 8.13. The van der Waals surface area contributed by atoms with Gasteiger partial charge in [-0.1, -0.05) is 0 Å². The average Bonchev–Trinajstić information content (AvgIpc) is 3.22. The van der Waals surface area contributed by atoms with E-state index in [9.17, 15) is 0 Å². The molecule has 1 aliphatic rings. The van der Waals surface area contributed by atoms with Crippen molar-refractivity contribution in [2.24, 2.45) is 5.92 Å². The predicted octanol–water partition coefficient (Wildman–Crippen LogP) is 3.84. The van der Waals surface area contributed by atoms with Crippen LogP contribution in [0.5, 0.6) is 5.75 Å². The van der Waals surface area contributed by atoms with Crippen molar-refractivity contribution in [1.82, 2.24) is 4.98 Å². The maximum Gasteiger partial charge on any atom is 0.134 e. The van der Waals surface area contributed by atoms with Gasteiger partial charge in [0.1, 0.15) is 11.6 Å². The van der Waals surface area contributed by atoms with E-state index < -0.39 is 0 Å². The standard InChI is InChI=1S/C16H20N2O/c1-16(2,12-4-5-12)18-15-14-7-6-13(19-3)10-11(14)8-9-17-15/h6-10,12H,4-5H2,1-3H3,(H,17,18). The van der Waals surface area contributed by atoms with Crippen molar-refractivity contribution < 1.29 is 4.74 Å². The van der Waals surface area contributed by atoms with E-state index in [-0.39, 0.29) is 5.54 Å². The van der Waals surface area contributed by atoms with Crippen LogP contribution in [0.15, 0.2) is 30.5 Å². The molecule has 0 bridgehead atoms. The lowest BCUT2D eigenvalue weighted by atomic mass is 9.98. The molecule has 0 spiro atoms. The molecule has 1 aliphatic carbocycles. The van der Waals surface area contributed by atoms with E-state index in [1.54, 1.807) is 7.11 Å². The number of hydrogen-bond acceptors (Lipinski definition) is 3. The third kappa shape index (κ3) is 2.37. The number of nitrogens with zero attached hydrogens (tertiary/aromatic N) is 1. The molecule has 3 heteroatoms. The number of nitrogens with one attached hydrogen (secondary N) is 1. The van der Waals surface area contributed by atoms with Gasteiger partial charge in [-0.15, -0.1) is 0 Å². The number of pyridine rings is 1. The van der Waals surface area contributed by atoms with Crippen LogP contribution in [0.2, 0.25) is 0 Å². The summed E-state index contributed by atoms with van der Waals surface area (Å²) in [5.74, 6) is 2.62. The van der Waals surface area contributed by atoms with Gasteiger partial charge in [-0.05, 0) is 62.3 Å². The first kappa shape index (κ1) is 12.3. The first-order chi connectivity index (χ1) is 9.10. The van der Waals surface area contributed by atoms with Crippen molar-refractivity contribution in [3.05, 3.63) is 30.5 Å². The smallest absolute Gasteiger partial charge is 0.134 e. The quantitative estimate of drug-likeness (QED) is 0.902. The highest BCUT2D eigenvalue weighted by molar-refractivity contribution is 5.92. The van der Waals surface area contributed by atoms with Gasteiger partial charge in [0.15, 0.2) is 0 Å². The SMILES string of the molecule is COc1ccc2c(NC(C)(C)C3CC3)nccc2c1. The third-order valence-electron chi connectivity index (χ3n) is 4.01. The maximum absolute atomic E-state index is 5.27. The van der Waals surface area contributed by atoms with E-state index >= 15 is 0 Å². The fraction of sp³-hybridized carbons (Fsp3) is 0.438. The summed E-state index contributed by atoms with van der Waals surface area (Å²) < 4.78 is 5.27. The van der Waals surface area contributed by atoms with Gasteiger partial charge in [0, 0.05) is 17.1 Å². The van der Waals surface area contributed by atoms with E-state index in [4.69, 9.17) is 4.74 Å². The molecule has 0 unspecified atom stereocenters. The second-order valence-corrected chi connectivity index (χ2v) is 5.87. The Balaban J connectivity index is 1.99. The molecule has 0 amide bonds. The fourth-order valence-electron chi connectivity index (χ4n) is 2.59. The first-order valence-corrected chi connectivity index (χ1v) is 6.81. The number of benzene rings is 1. The van der Waals surface area contributed by atoms with Crippen LogP contribution in [-0.4, -0.2) is 17.6 Å². The minimum atomic E-state index is 0.112. The fourth-order valence-corrected chi connectivity index (χ4v) is 2.59. The first-order valence-electron chi connectivity index (χ1n) is 6.81. The highest BCUT2D eigenvalue weighted by Gasteiger charge is 2.38. The van der Waals surface area contributed by atoms with Crippen molar-refractivity contribution in [2.45, 2.75) is 32.2 Å². The lowest BCUT2D eigenvalue weighted by Gasteiger charge is -2.27. The van der Waals surface area contributed by atoms with Gasteiger partial charge in [0.25, 0.3) is 0 Å². The molecule has 1 heterocycles. The molecule has 2 aromatic rings. The molecule has 0 aliphatic heterocycles. The zero-order chi connectivity index (χ0) is 13.5. The summed E-state index contributed by atoms with van der Waals surface area (Å²) in [7, 11) is 1.69. The van der Waals surface area contributed by atoms with Crippen LogP contribution in [-0.2, 0) is 0 Å². The van der Waals surface area contributed by atoms with Crippen molar-refractivity contribution in [2.75, 3.05) is 12.4 Å². The molecule has 100 valence electrons. The van der Waals surface area contributed by atoms with Gasteiger partial charge in [-0.3, -0.25) is 0 Å². The van der Waals surface area contributed by atoms with Gasteiger partial charge in [-0.25, -0.2) is 4.98 Å². The summed E-state index contributed by atoms with van der Waals surface area (Å²) in [6.45, 7) is 4.52. The second-order valence-electron chi connectivity index (χ2n) is 5.87. The maximum atomic E-state index is 5.27. The van der Waals surface area contributed by atoms with E-state index in [2.05, 4.69) is 30.2 Å². The van der Waals surface area contributed by atoms with Gasteiger partial charge in [-0.2, -0.15) is 0 Å². The van der Waals surface area contributed by atoms with Gasteiger partial charge in [0.05, 0.1) is 7.11 Å². The minimum Gasteiger partial charge on any atom is -0.497 e. The molecule has 1 aromatic carbocycles. The number of methoxy groups -OCH3 is 1. The molecule has 3 rings (SSSR count). The summed E-state index contributed by atoms with van der Waals surface area (Å²) in [5, 5.41) is 5.91. The summed E-state index contributed by atoms with van der Waals surface area (Å²) >= 11 is 0. The monoisotopic (exact) mass is 256 g/mol. The lowest BCUT2D eigenvalue weighted by Crippen LogP contribution is -2.33. The molecule has 0 radical (unpaired) electrons. The third-order valence-corrected chi connectivity index (χ3v) is 4.01. The van der Waals surface area contributed by atoms with Gasteiger partial charge < -0.3 is 10.1 Å². The minimum absolute atomic E-state index is 0.112. The van der Waals surface area contributed by atoms with Crippen LogP contribution in [0.25, 0.3) is 10.8 Å². The normalized spacial score (nSPS) is 15.5. The largest absolute Gasteiger partial charge is 0.497 e. The van der Waals surface area contributed by atoms with Crippen LogP contribution in [0.3, 0.4) is 0 Å². The molecule has 19 heavy (non-hydrogen) atoms. The molecule has 1 saturated carbocycles. The zero-order valence-corrected chi connectivity index (χ0v) is 11.7. The molecule has 1 fully saturated rings. The number of aromatic nitrogens is 1. The molecular formula is C16H20N2O. The van der Waals surface area contributed by atoms with Gasteiger partial charge >= 0.3 is 0 Å². The van der Waals surface area contributed by atoms with Crippen LogP contribution in [0, 0.1) is 5.92 Å². The number of hydrogen-bond donors (Lipinski definition) is 1. The Kier molecular flexibility index (Phi) is 2.85. The second kappa shape index (κ2) is 4.41. The van der Waals surface area contributed by atoms with Crippen molar-refractivity contribution >= 4 is 16.6 Å². The van der Waals surface area contributed by atoms with Crippen LogP contribution in [0.4, 0.5) is 5.82 Å². The van der Waals surface area contributed by atoms with E-state index in [0.717, 1.165) is 28.3 Å². The predicted molar refractivity (Wildman–Crippen MR) is 78.7 cm³/mol. The highest BCUT2D eigenvalue weighted by Crippen LogP contribution is 2.41. The number of rotatable bonds is 4. The Morgan fingerprint density at radius 1 is 1.26 bits per heavy atom. The van der Waals surface area contributed by atoms with E-state index in [1.165, 1.54) is 12.8 Å². The molecule has 3 nitrogen and oxygen atoms in total. The summed E-state index contributed by atoms with van der Waals surface area (Å²) in [6.07, 6.45) is 4.49. The zero-order valence-electron chi connectivity index (χ0n) is 11.7.